The molecule has 0 unspecified atom stereocenters. The highest BCUT2D eigenvalue weighted by atomic mass is 79.9. The molecule has 1 rings (SSSR count). The van der Waals surface area contributed by atoms with Gasteiger partial charge in [0, 0.05) is 0 Å². The molecule has 0 amide bonds. The molecular formula is C6H6BrNO2S. The summed E-state index contributed by atoms with van der Waals surface area (Å²) in [5.74, 6) is -0.970. The molecule has 60 valence electrons. The fraction of sp³-hybridized carbons (Fsp3) is 0.167. The molecule has 1 aromatic heterocycles. The molecule has 3 nitrogen and oxygen atoms in total. The highest BCUT2D eigenvalue weighted by Crippen LogP contribution is 2.34. The first-order valence-electron chi connectivity index (χ1n) is 2.81. The first-order chi connectivity index (χ1) is 5.04. The number of anilines is 1. The third-order valence-electron chi connectivity index (χ3n) is 1.33. The van der Waals surface area contributed by atoms with Crippen LogP contribution in [0, 0.1) is 6.92 Å². The molecular weight excluding hydrogens is 230 g/mol. The van der Waals surface area contributed by atoms with Gasteiger partial charge in [0.1, 0.15) is 5.00 Å². The molecule has 3 N–H and O–H groups in total. The number of carboxylic acids is 1. The van der Waals surface area contributed by atoms with Crippen molar-refractivity contribution >= 4 is 38.2 Å². The molecule has 0 aliphatic rings. The number of rotatable bonds is 1. The summed E-state index contributed by atoms with van der Waals surface area (Å²) in [6.07, 6.45) is 0. The van der Waals surface area contributed by atoms with Crippen LogP contribution in [0.15, 0.2) is 3.79 Å². The van der Waals surface area contributed by atoms with Crippen molar-refractivity contribution in [3.05, 3.63) is 14.9 Å². The summed E-state index contributed by atoms with van der Waals surface area (Å²) in [6.45, 7) is 1.72. The zero-order valence-electron chi connectivity index (χ0n) is 5.72. The largest absolute Gasteiger partial charge is 0.478 e. The van der Waals surface area contributed by atoms with Gasteiger partial charge in [0.15, 0.2) is 0 Å². The Hall–Kier alpha value is -0.550. The van der Waals surface area contributed by atoms with E-state index in [0.717, 1.165) is 3.79 Å². The first kappa shape index (κ1) is 8.55. The Balaban J connectivity index is 3.34. The summed E-state index contributed by atoms with van der Waals surface area (Å²) >= 11 is 4.45. The molecule has 5 heteroatoms. The van der Waals surface area contributed by atoms with Gasteiger partial charge in [-0.15, -0.1) is 11.3 Å². The van der Waals surface area contributed by atoms with Crippen LogP contribution in [0.25, 0.3) is 0 Å². The number of halogens is 1. The van der Waals surface area contributed by atoms with E-state index in [1.165, 1.54) is 11.3 Å². The lowest BCUT2D eigenvalue weighted by atomic mass is 10.2. The van der Waals surface area contributed by atoms with E-state index >= 15 is 0 Å². The number of hydrogen-bond donors (Lipinski definition) is 2. The molecule has 0 spiro atoms. The quantitative estimate of drug-likeness (QED) is 0.784. The van der Waals surface area contributed by atoms with Crippen molar-refractivity contribution in [1.82, 2.24) is 0 Å². The monoisotopic (exact) mass is 235 g/mol. The standard InChI is InChI=1S/C6H6BrNO2S/c1-2-3(6(9)10)5(8)11-4(2)7/h8H2,1H3,(H,9,10). The Bertz CT molecular complexity index is 308. The second-order valence-electron chi connectivity index (χ2n) is 2.05. The van der Waals surface area contributed by atoms with Gasteiger partial charge in [-0.3, -0.25) is 0 Å². The van der Waals surface area contributed by atoms with E-state index in [1.807, 2.05) is 0 Å². The minimum absolute atomic E-state index is 0.210. The predicted molar refractivity (Wildman–Crippen MR) is 48.1 cm³/mol. The van der Waals surface area contributed by atoms with E-state index in [9.17, 15) is 4.79 Å². The Morgan fingerprint density at radius 1 is 1.73 bits per heavy atom. The zero-order valence-corrected chi connectivity index (χ0v) is 8.12. The molecule has 0 fully saturated rings. The van der Waals surface area contributed by atoms with Crippen LogP contribution in [0.4, 0.5) is 5.00 Å². The Labute approximate surface area is 76.0 Å². The molecule has 1 aromatic rings. The lowest BCUT2D eigenvalue weighted by Crippen LogP contribution is -2.00. The van der Waals surface area contributed by atoms with Crippen LogP contribution in [0.2, 0.25) is 0 Å². The Morgan fingerprint density at radius 2 is 2.27 bits per heavy atom. The number of carbonyl (C=O) groups is 1. The lowest BCUT2D eigenvalue weighted by Gasteiger charge is -1.92. The van der Waals surface area contributed by atoms with Crippen LogP contribution in [-0.2, 0) is 0 Å². The molecule has 1 heterocycles. The van der Waals surface area contributed by atoms with Crippen LogP contribution in [0.1, 0.15) is 15.9 Å². The molecule has 0 aliphatic carbocycles. The van der Waals surface area contributed by atoms with E-state index in [2.05, 4.69) is 15.9 Å². The smallest absolute Gasteiger partial charge is 0.339 e. The average molecular weight is 236 g/mol. The van der Waals surface area contributed by atoms with Crippen molar-refractivity contribution in [2.45, 2.75) is 6.92 Å². The second kappa shape index (κ2) is 2.83. The van der Waals surface area contributed by atoms with E-state index in [0.29, 0.717) is 10.6 Å². The van der Waals surface area contributed by atoms with E-state index in [1.54, 1.807) is 6.92 Å². The number of nitrogens with two attached hydrogens (primary N) is 1. The van der Waals surface area contributed by atoms with Gasteiger partial charge in [0.2, 0.25) is 0 Å². The van der Waals surface area contributed by atoms with Crippen molar-refractivity contribution in [2.24, 2.45) is 0 Å². The van der Waals surface area contributed by atoms with Crippen LogP contribution in [0.5, 0.6) is 0 Å². The van der Waals surface area contributed by atoms with E-state index in [4.69, 9.17) is 10.8 Å². The van der Waals surface area contributed by atoms with Gasteiger partial charge in [0.05, 0.1) is 9.35 Å². The highest BCUT2D eigenvalue weighted by Gasteiger charge is 2.16. The minimum Gasteiger partial charge on any atom is -0.478 e. The molecule has 0 bridgehead atoms. The first-order valence-corrected chi connectivity index (χ1v) is 4.42. The maximum Gasteiger partial charge on any atom is 0.339 e. The van der Waals surface area contributed by atoms with Gasteiger partial charge in [-0.25, -0.2) is 4.79 Å². The number of aromatic carboxylic acids is 1. The van der Waals surface area contributed by atoms with Crippen LogP contribution < -0.4 is 5.73 Å². The van der Waals surface area contributed by atoms with Crippen molar-refractivity contribution in [3.63, 3.8) is 0 Å². The summed E-state index contributed by atoms with van der Waals surface area (Å²) in [5, 5.41) is 9.01. The van der Waals surface area contributed by atoms with E-state index in [-0.39, 0.29) is 5.56 Å². The Kier molecular flexibility index (Phi) is 2.20. The molecule has 0 aromatic carbocycles. The van der Waals surface area contributed by atoms with Gasteiger partial charge in [-0.2, -0.15) is 0 Å². The average Bonchev–Trinajstić information content (AvgIpc) is 2.07. The zero-order chi connectivity index (χ0) is 8.59. The molecule has 11 heavy (non-hydrogen) atoms. The van der Waals surface area contributed by atoms with Gasteiger partial charge >= 0.3 is 5.97 Å². The summed E-state index contributed by atoms with van der Waals surface area (Å²) < 4.78 is 0.785. The summed E-state index contributed by atoms with van der Waals surface area (Å²) in [6, 6.07) is 0. The molecule has 0 radical (unpaired) electrons. The molecule has 0 saturated carbocycles. The fourth-order valence-corrected chi connectivity index (χ4v) is 2.29. The number of thiophene rings is 1. The topological polar surface area (TPSA) is 63.3 Å². The fourth-order valence-electron chi connectivity index (χ4n) is 0.773. The molecule has 0 saturated heterocycles. The van der Waals surface area contributed by atoms with Crippen LogP contribution in [-0.4, -0.2) is 11.1 Å². The normalized spacial score (nSPS) is 10.0. The third kappa shape index (κ3) is 1.39. The van der Waals surface area contributed by atoms with Gasteiger partial charge in [-0.1, -0.05) is 0 Å². The van der Waals surface area contributed by atoms with E-state index < -0.39 is 5.97 Å². The summed E-state index contributed by atoms with van der Waals surface area (Å²) in [5.41, 5.74) is 6.36. The molecule has 0 aliphatic heterocycles. The summed E-state index contributed by atoms with van der Waals surface area (Å²) in [7, 11) is 0. The maximum atomic E-state index is 10.6. The number of hydrogen-bond acceptors (Lipinski definition) is 3. The van der Waals surface area contributed by atoms with Crippen molar-refractivity contribution in [2.75, 3.05) is 5.73 Å². The Morgan fingerprint density at radius 3 is 2.45 bits per heavy atom. The predicted octanol–water partition coefficient (Wildman–Crippen LogP) is 2.10. The third-order valence-corrected chi connectivity index (χ3v) is 3.32. The van der Waals surface area contributed by atoms with Gasteiger partial charge < -0.3 is 10.8 Å². The highest BCUT2D eigenvalue weighted by molar-refractivity contribution is 9.11. The number of nitrogen functional groups attached to an aromatic ring is 1. The van der Waals surface area contributed by atoms with Crippen LogP contribution in [0.3, 0.4) is 0 Å². The maximum absolute atomic E-state index is 10.6. The van der Waals surface area contributed by atoms with Crippen molar-refractivity contribution < 1.29 is 9.90 Å². The second-order valence-corrected chi connectivity index (χ2v) is 4.42. The van der Waals surface area contributed by atoms with Crippen molar-refractivity contribution in [1.29, 1.82) is 0 Å². The minimum atomic E-state index is -0.970. The lowest BCUT2D eigenvalue weighted by molar-refractivity contribution is 0.0698. The summed E-state index contributed by atoms with van der Waals surface area (Å²) in [4.78, 5) is 10.6. The van der Waals surface area contributed by atoms with Crippen LogP contribution >= 0.6 is 27.3 Å². The number of carboxylic acid groups (broad SMARTS) is 1. The van der Waals surface area contributed by atoms with Crippen molar-refractivity contribution in [3.8, 4) is 0 Å². The van der Waals surface area contributed by atoms with Gasteiger partial charge in [-0.05, 0) is 28.4 Å². The SMILES string of the molecule is Cc1c(Br)sc(N)c1C(=O)O. The van der Waals surface area contributed by atoms with Gasteiger partial charge in [0.25, 0.3) is 0 Å². The molecule has 0 atom stereocenters.